The van der Waals surface area contributed by atoms with Gasteiger partial charge in [0.05, 0.1) is 12.5 Å². The van der Waals surface area contributed by atoms with Crippen molar-refractivity contribution in [2.24, 2.45) is 7.05 Å². The van der Waals surface area contributed by atoms with Gasteiger partial charge >= 0.3 is 0 Å². The molecule has 0 saturated heterocycles. The Morgan fingerprint density at radius 2 is 2.05 bits per heavy atom. The van der Waals surface area contributed by atoms with Crippen LogP contribution in [0, 0.1) is 0 Å². The van der Waals surface area contributed by atoms with Crippen molar-refractivity contribution in [1.82, 2.24) is 9.88 Å². The van der Waals surface area contributed by atoms with Crippen LogP contribution < -0.4 is 5.32 Å². The highest BCUT2D eigenvalue weighted by Crippen LogP contribution is 2.15. The maximum absolute atomic E-state index is 11.7. The highest BCUT2D eigenvalue weighted by Gasteiger charge is 2.12. The first-order valence-corrected chi connectivity index (χ1v) is 6.25. The topological polar surface area (TPSA) is 54.3 Å². The number of amides is 1. The first-order chi connectivity index (χ1) is 9.15. The van der Waals surface area contributed by atoms with Gasteiger partial charge in [-0.1, -0.05) is 30.3 Å². The molecule has 0 radical (unpaired) electrons. The highest BCUT2D eigenvalue weighted by atomic mass is 16.3. The van der Waals surface area contributed by atoms with E-state index in [4.69, 9.17) is 0 Å². The standard InChI is InChI=1S/C15H18N2O2/c1-17-8-7-12(11-17)10-16-15(19)9-14(18)13-5-3-2-4-6-13/h2-8,11,14,18H,9-10H2,1H3,(H,16,19). The maximum Gasteiger partial charge on any atom is 0.223 e. The number of rotatable bonds is 5. The van der Waals surface area contributed by atoms with Gasteiger partial charge in [0.25, 0.3) is 0 Å². The summed E-state index contributed by atoms with van der Waals surface area (Å²) in [6.07, 6.45) is 3.21. The normalized spacial score (nSPS) is 12.1. The number of aromatic nitrogens is 1. The molecule has 1 aromatic heterocycles. The number of nitrogens with zero attached hydrogens (tertiary/aromatic N) is 1. The molecule has 1 heterocycles. The molecule has 0 spiro atoms. The molecule has 19 heavy (non-hydrogen) atoms. The predicted octanol–water partition coefficient (Wildman–Crippen LogP) is 1.76. The second-order valence-corrected chi connectivity index (χ2v) is 4.59. The van der Waals surface area contributed by atoms with E-state index in [2.05, 4.69) is 5.32 Å². The molecular formula is C15H18N2O2. The summed E-state index contributed by atoms with van der Waals surface area (Å²) in [5, 5.41) is 12.7. The average molecular weight is 258 g/mol. The lowest BCUT2D eigenvalue weighted by Gasteiger charge is -2.10. The Balaban J connectivity index is 1.81. The zero-order valence-corrected chi connectivity index (χ0v) is 10.9. The number of hydrogen-bond donors (Lipinski definition) is 2. The third-order valence-corrected chi connectivity index (χ3v) is 2.95. The minimum absolute atomic E-state index is 0.0802. The summed E-state index contributed by atoms with van der Waals surface area (Å²) < 4.78 is 1.93. The fourth-order valence-electron chi connectivity index (χ4n) is 1.91. The van der Waals surface area contributed by atoms with Crippen molar-refractivity contribution >= 4 is 5.91 Å². The van der Waals surface area contributed by atoms with Gasteiger partial charge in [-0.05, 0) is 17.2 Å². The van der Waals surface area contributed by atoms with Crippen LogP contribution in [0.4, 0.5) is 0 Å². The molecule has 0 fully saturated rings. The van der Waals surface area contributed by atoms with Crippen molar-refractivity contribution in [1.29, 1.82) is 0 Å². The van der Waals surface area contributed by atoms with Gasteiger partial charge in [0, 0.05) is 26.0 Å². The van der Waals surface area contributed by atoms with E-state index in [0.717, 1.165) is 11.1 Å². The summed E-state index contributed by atoms with van der Waals surface area (Å²) in [4.78, 5) is 11.7. The smallest absolute Gasteiger partial charge is 0.223 e. The molecule has 0 bridgehead atoms. The van der Waals surface area contributed by atoms with E-state index >= 15 is 0 Å². The SMILES string of the molecule is Cn1ccc(CNC(=O)CC(O)c2ccccc2)c1. The second-order valence-electron chi connectivity index (χ2n) is 4.59. The number of hydrogen-bond acceptors (Lipinski definition) is 2. The minimum Gasteiger partial charge on any atom is -0.388 e. The van der Waals surface area contributed by atoms with Crippen molar-refractivity contribution < 1.29 is 9.90 Å². The Kier molecular flexibility index (Phi) is 4.36. The van der Waals surface area contributed by atoms with Gasteiger partial charge in [-0.2, -0.15) is 0 Å². The van der Waals surface area contributed by atoms with Gasteiger partial charge in [0.1, 0.15) is 0 Å². The average Bonchev–Trinajstić information content (AvgIpc) is 2.83. The van der Waals surface area contributed by atoms with Crippen molar-refractivity contribution in [3.63, 3.8) is 0 Å². The van der Waals surface area contributed by atoms with E-state index in [9.17, 15) is 9.90 Å². The van der Waals surface area contributed by atoms with Crippen LogP contribution in [0.2, 0.25) is 0 Å². The number of nitrogens with one attached hydrogen (secondary N) is 1. The van der Waals surface area contributed by atoms with Crippen LogP contribution in [0.15, 0.2) is 48.8 Å². The number of aryl methyl sites for hydroxylation is 1. The molecular weight excluding hydrogens is 240 g/mol. The van der Waals surface area contributed by atoms with Crippen LogP contribution in [0.3, 0.4) is 0 Å². The van der Waals surface area contributed by atoms with E-state index in [1.54, 1.807) is 0 Å². The lowest BCUT2D eigenvalue weighted by atomic mass is 10.1. The van der Waals surface area contributed by atoms with E-state index in [0.29, 0.717) is 6.54 Å². The molecule has 1 amide bonds. The molecule has 0 saturated carbocycles. The van der Waals surface area contributed by atoms with Crippen LogP contribution in [0.5, 0.6) is 0 Å². The van der Waals surface area contributed by atoms with Gasteiger partial charge in [-0.25, -0.2) is 0 Å². The van der Waals surface area contributed by atoms with Crippen molar-refractivity contribution in [3.05, 3.63) is 59.9 Å². The quantitative estimate of drug-likeness (QED) is 0.858. The number of carbonyl (C=O) groups excluding carboxylic acids is 1. The molecule has 2 aromatic rings. The molecule has 100 valence electrons. The fourth-order valence-corrected chi connectivity index (χ4v) is 1.91. The lowest BCUT2D eigenvalue weighted by Crippen LogP contribution is -2.24. The van der Waals surface area contributed by atoms with Crippen molar-refractivity contribution in [3.8, 4) is 0 Å². The van der Waals surface area contributed by atoms with Gasteiger partial charge in [-0.3, -0.25) is 4.79 Å². The summed E-state index contributed by atoms with van der Waals surface area (Å²) in [6.45, 7) is 0.487. The summed E-state index contributed by atoms with van der Waals surface area (Å²) in [7, 11) is 1.93. The van der Waals surface area contributed by atoms with E-state index in [1.807, 2.05) is 60.4 Å². The third kappa shape index (κ3) is 3.96. The van der Waals surface area contributed by atoms with Crippen LogP contribution in [0.25, 0.3) is 0 Å². The highest BCUT2D eigenvalue weighted by molar-refractivity contribution is 5.76. The van der Waals surface area contributed by atoms with Gasteiger partial charge in [0.15, 0.2) is 0 Å². The Morgan fingerprint density at radius 3 is 2.68 bits per heavy atom. The maximum atomic E-state index is 11.7. The predicted molar refractivity (Wildman–Crippen MR) is 73.3 cm³/mol. The lowest BCUT2D eigenvalue weighted by molar-refractivity contribution is -0.123. The van der Waals surface area contributed by atoms with Gasteiger partial charge in [0.2, 0.25) is 5.91 Å². The molecule has 2 rings (SSSR count). The van der Waals surface area contributed by atoms with Crippen molar-refractivity contribution in [2.75, 3.05) is 0 Å². The zero-order chi connectivity index (χ0) is 13.7. The van der Waals surface area contributed by atoms with Crippen LogP contribution in [-0.4, -0.2) is 15.6 Å². The van der Waals surface area contributed by atoms with Crippen LogP contribution in [0.1, 0.15) is 23.7 Å². The van der Waals surface area contributed by atoms with Gasteiger partial charge in [-0.15, -0.1) is 0 Å². The molecule has 4 heteroatoms. The Labute approximate surface area is 112 Å². The molecule has 0 aliphatic carbocycles. The summed E-state index contributed by atoms with van der Waals surface area (Å²) in [6, 6.07) is 11.2. The van der Waals surface area contributed by atoms with E-state index in [-0.39, 0.29) is 12.3 Å². The molecule has 2 N–H and O–H groups in total. The van der Waals surface area contributed by atoms with Crippen molar-refractivity contribution in [2.45, 2.75) is 19.1 Å². The molecule has 1 atom stereocenters. The Morgan fingerprint density at radius 1 is 1.32 bits per heavy atom. The van der Waals surface area contributed by atoms with E-state index < -0.39 is 6.10 Å². The zero-order valence-electron chi connectivity index (χ0n) is 10.9. The first kappa shape index (κ1) is 13.4. The third-order valence-electron chi connectivity index (χ3n) is 2.95. The molecule has 1 unspecified atom stereocenters. The monoisotopic (exact) mass is 258 g/mol. The van der Waals surface area contributed by atoms with Gasteiger partial charge < -0.3 is 15.0 Å². The fraction of sp³-hybridized carbons (Fsp3) is 0.267. The first-order valence-electron chi connectivity index (χ1n) is 6.25. The molecule has 4 nitrogen and oxygen atoms in total. The number of carbonyl (C=O) groups is 1. The number of aliphatic hydroxyl groups excluding tert-OH is 1. The van der Waals surface area contributed by atoms with E-state index in [1.165, 1.54) is 0 Å². The van der Waals surface area contributed by atoms with Crippen LogP contribution in [-0.2, 0) is 18.4 Å². The summed E-state index contributed by atoms with van der Waals surface area (Å²) in [5.41, 5.74) is 1.81. The summed E-state index contributed by atoms with van der Waals surface area (Å²) in [5.74, 6) is -0.153. The molecule has 0 aliphatic rings. The molecule has 0 aliphatic heterocycles. The van der Waals surface area contributed by atoms with Crippen LogP contribution >= 0.6 is 0 Å². The molecule has 1 aromatic carbocycles. The Hall–Kier alpha value is -2.07. The Bertz CT molecular complexity index is 534. The number of aliphatic hydroxyl groups is 1. The largest absolute Gasteiger partial charge is 0.388 e. The second kappa shape index (κ2) is 6.20. The number of benzene rings is 1. The minimum atomic E-state index is -0.753. The summed E-state index contributed by atoms with van der Waals surface area (Å²) >= 11 is 0.